The number of amides is 1. The fourth-order valence-corrected chi connectivity index (χ4v) is 3.89. The second-order valence-corrected chi connectivity index (χ2v) is 7.92. The van der Waals surface area contributed by atoms with Crippen LogP contribution in [0.5, 0.6) is 11.5 Å². The Morgan fingerprint density at radius 1 is 0.800 bits per heavy atom. The summed E-state index contributed by atoms with van der Waals surface area (Å²) in [5.74, 6) is -2.37. The van der Waals surface area contributed by atoms with Crippen molar-refractivity contribution in [3.63, 3.8) is 0 Å². The first kappa shape index (κ1) is 25.5. The van der Waals surface area contributed by atoms with Crippen molar-refractivity contribution in [2.75, 3.05) is 40.4 Å². The van der Waals surface area contributed by atoms with Crippen molar-refractivity contribution in [2.24, 2.45) is 0 Å². The largest absolute Gasteiger partial charge is 0.497 e. The molecule has 0 atom stereocenters. The Labute approximate surface area is 203 Å². The molecule has 1 saturated heterocycles. The summed E-state index contributed by atoms with van der Waals surface area (Å²) in [5.41, 5.74) is 1.93. The number of methoxy groups -OCH3 is 2. The molecular formula is C26H28N2O7. The Kier molecular flexibility index (Phi) is 8.63. The van der Waals surface area contributed by atoms with E-state index in [1.807, 2.05) is 4.90 Å². The monoisotopic (exact) mass is 480 g/mol. The summed E-state index contributed by atoms with van der Waals surface area (Å²) in [5, 5.41) is 17.4. The third-order valence-electron chi connectivity index (χ3n) is 5.71. The van der Waals surface area contributed by atoms with Gasteiger partial charge in [0.25, 0.3) is 5.91 Å². The summed E-state index contributed by atoms with van der Waals surface area (Å²) in [7, 11) is 3.18. The van der Waals surface area contributed by atoms with E-state index in [0.29, 0.717) is 30.2 Å². The van der Waals surface area contributed by atoms with Gasteiger partial charge in [-0.3, -0.25) is 9.69 Å². The molecule has 9 heteroatoms. The maximum absolute atomic E-state index is 13.0. The van der Waals surface area contributed by atoms with Crippen LogP contribution in [0.4, 0.5) is 0 Å². The van der Waals surface area contributed by atoms with Crippen LogP contribution >= 0.6 is 0 Å². The van der Waals surface area contributed by atoms with Gasteiger partial charge in [-0.2, -0.15) is 0 Å². The molecule has 1 aliphatic heterocycles. The number of ether oxygens (including phenoxy) is 2. The number of nitrogens with zero attached hydrogens (tertiary/aromatic N) is 2. The van der Waals surface area contributed by atoms with E-state index < -0.39 is 11.9 Å². The van der Waals surface area contributed by atoms with Gasteiger partial charge >= 0.3 is 11.9 Å². The Balaban J connectivity index is 0.000000509. The quantitative estimate of drug-likeness (QED) is 0.536. The minimum Gasteiger partial charge on any atom is -0.497 e. The number of fused-ring (bicyclic) bond motifs is 1. The van der Waals surface area contributed by atoms with Gasteiger partial charge in [-0.1, -0.05) is 42.5 Å². The van der Waals surface area contributed by atoms with Gasteiger partial charge in [0.1, 0.15) is 11.5 Å². The zero-order valence-electron chi connectivity index (χ0n) is 19.6. The zero-order valence-corrected chi connectivity index (χ0v) is 19.6. The Morgan fingerprint density at radius 3 is 1.94 bits per heavy atom. The number of carbonyl (C=O) groups excluding carboxylic acids is 1. The van der Waals surface area contributed by atoms with E-state index >= 15 is 0 Å². The van der Waals surface area contributed by atoms with E-state index in [1.54, 1.807) is 32.4 Å². The molecule has 4 rings (SSSR count). The first-order valence-electron chi connectivity index (χ1n) is 11.0. The van der Waals surface area contributed by atoms with Crippen molar-refractivity contribution >= 4 is 28.6 Å². The summed E-state index contributed by atoms with van der Waals surface area (Å²) < 4.78 is 10.6. The highest BCUT2D eigenvalue weighted by atomic mass is 16.5. The maximum atomic E-state index is 13.0. The number of piperazine rings is 1. The molecule has 9 nitrogen and oxygen atoms in total. The van der Waals surface area contributed by atoms with E-state index in [-0.39, 0.29) is 5.91 Å². The lowest BCUT2D eigenvalue weighted by atomic mass is 10.0. The van der Waals surface area contributed by atoms with Crippen molar-refractivity contribution in [1.82, 2.24) is 9.80 Å². The molecule has 2 N–H and O–H groups in total. The molecule has 0 unspecified atom stereocenters. The Morgan fingerprint density at radius 2 is 1.37 bits per heavy atom. The van der Waals surface area contributed by atoms with Crippen LogP contribution in [-0.2, 0) is 16.1 Å². The number of aliphatic carboxylic acids is 2. The smallest absolute Gasteiger partial charge is 0.414 e. The first-order valence-corrected chi connectivity index (χ1v) is 11.0. The van der Waals surface area contributed by atoms with E-state index in [0.717, 1.165) is 19.6 Å². The van der Waals surface area contributed by atoms with Gasteiger partial charge < -0.3 is 24.6 Å². The van der Waals surface area contributed by atoms with Crippen molar-refractivity contribution in [2.45, 2.75) is 6.54 Å². The van der Waals surface area contributed by atoms with E-state index in [2.05, 4.69) is 47.4 Å². The standard InChI is InChI=1S/C24H26N2O3.C2H2O4/c1-28-21-14-20(15-22(16-21)29-2)24(27)26-12-10-25(11-13-26)17-19-8-5-7-18-6-3-4-9-23(18)19;3-1(4)2(5)6/h3-9,14-16H,10-13,17H2,1-2H3;(H,3,4)(H,5,6). The van der Waals surface area contributed by atoms with E-state index in [4.69, 9.17) is 29.3 Å². The molecule has 0 spiro atoms. The summed E-state index contributed by atoms with van der Waals surface area (Å²) in [4.78, 5) is 35.5. The number of hydrogen-bond donors (Lipinski definition) is 2. The molecule has 3 aromatic rings. The summed E-state index contributed by atoms with van der Waals surface area (Å²) >= 11 is 0. The van der Waals surface area contributed by atoms with Crippen LogP contribution in [0.25, 0.3) is 10.8 Å². The van der Waals surface area contributed by atoms with Gasteiger partial charge in [-0.25, -0.2) is 9.59 Å². The predicted molar refractivity (Wildman–Crippen MR) is 130 cm³/mol. The number of carbonyl (C=O) groups is 3. The topological polar surface area (TPSA) is 117 Å². The molecule has 0 radical (unpaired) electrons. The van der Waals surface area contributed by atoms with E-state index in [1.165, 1.54) is 16.3 Å². The minimum absolute atomic E-state index is 0.0204. The van der Waals surface area contributed by atoms with Gasteiger partial charge in [0.15, 0.2) is 0 Å². The lowest BCUT2D eigenvalue weighted by Crippen LogP contribution is -2.48. The lowest BCUT2D eigenvalue weighted by Gasteiger charge is -2.35. The van der Waals surface area contributed by atoms with Crippen molar-refractivity contribution in [1.29, 1.82) is 0 Å². The molecule has 1 amide bonds. The van der Waals surface area contributed by atoms with Gasteiger partial charge in [0.05, 0.1) is 14.2 Å². The number of carboxylic acid groups (broad SMARTS) is 2. The molecule has 0 saturated carbocycles. The SMILES string of the molecule is COc1cc(OC)cc(C(=O)N2CCN(Cc3cccc4ccccc34)CC2)c1.O=C(O)C(=O)O. The highest BCUT2D eigenvalue weighted by Crippen LogP contribution is 2.24. The van der Waals surface area contributed by atoms with E-state index in [9.17, 15) is 4.79 Å². The van der Waals surface area contributed by atoms with Gasteiger partial charge in [0.2, 0.25) is 0 Å². The molecule has 0 aliphatic carbocycles. The summed E-state index contributed by atoms with van der Waals surface area (Å²) in [6.07, 6.45) is 0. The molecular weight excluding hydrogens is 452 g/mol. The van der Waals surface area contributed by atoms with Gasteiger partial charge in [-0.15, -0.1) is 0 Å². The first-order chi connectivity index (χ1) is 16.8. The minimum atomic E-state index is -1.82. The molecule has 0 aromatic heterocycles. The summed E-state index contributed by atoms with van der Waals surface area (Å²) in [6.45, 7) is 4.04. The van der Waals surface area contributed by atoms with Crippen molar-refractivity contribution in [3.05, 3.63) is 71.8 Å². The second-order valence-electron chi connectivity index (χ2n) is 7.92. The molecule has 35 heavy (non-hydrogen) atoms. The summed E-state index contributed by atoms with van der Waals surface area (Å²) in [6, 6.07) is 20.3. The zero-order chi connectivity index (χ0) is 25.4. The molecule has 0 bridgehead atoms. The van der Waals surface area contributed by atoms with Crippen molar-refractivity contribution in [3.8, 4) is 11.5 Å². The lowest BCUT2D eigenvalue weighted by molar-refractivity contribution is -0.159. The average Bonchev–Trinajstić information content (AvgIpc) is 2.89. The van der Waals surface area contributed by atoms with Gasteiger partial charge in [-0.05, 0) is 28.5 Å². The molecule has 1 fully saturated rings. The number of hydrogen-bond acceptors (Lipinski definition) is 6. The molecule has 3 aromatic carbocycles. The fraction of sp³-hybridized carbons (Fsp3) is 0.269. The highest BCUT2D eigenvalue weighted by Gasteiger charge is 2.23. The Bertz CT molecular complexity index is 1160. The number of benzene rings is 3. The van der Waals surface area contributed by atoms with Gasteiger partial charge in [0, 0.05) is 44.4 Å². The Hall–Kier alpha value is -4.11. The maximum Gasteiger partial charge on any atom is 0.414 e. The van der Waals surface area contributed by atoms with Crippen LogP contribution in [0, 0.1) is 0 Å². The van der Waals surface area contributed by atoms with Crippen LogP contribution in [0.3, 0.4) is 0 Å². The second kappa shape index (κ2) is 11.8. The molecule has 1 heterocycles. The number of carboxylic acids is 2. The molecule has 184 valence electrons. The average molecular weight is 481 g/mol. The normalized spacial score (nSPS) is 13.5. The number of rotatable bonds is 5. The third-order valence-corrected chi connectivity index (χ3v) is 5.71. The van der Waals surface area contributed by atoms with Crippen LogP contribution in [0.2, 0.25) is 0 Å². The fourth-order valence-electron chi connectivity index (χ4n) is 3.89. The van der Waals surface area contributed by atoms with Crippen molar-refractivity contribution < 1.29 is 34.1 Å². The highest BCUT2D eigenvalue weighted by molar-refractivity contribution is 6.27. The van der Waals surface area contributed by atoms with Crippen LogP contribution in [0.15, 0.2) is 60.7 Å². The predicted octanol–water partition coefficient (Wildman–Crippen LogP) is 2.97. The van der Waals surface area contributed by atoms with Crippen LogP contribution in [-0.4, -0.2) is 78.3 Å². The van der Waals surface area contributed by atoms with Crippen LogP contribution < -0.4 is 9.47 Å². The molecule has 1 aliphatic rings. The van der Waals surface area contributed by atoms with Crippen LogP contribution in [0.1, 0.15) is 15.9 Å². The third kappa shape index (κ3) is 6.70.